The van der Waals surface area contributed by atoms with E-state index in [2.05, 4.69) is 5.32 Å². The molecule has 186 valence electrons. The summed E-state index contributed by atoms with van der Waals surface area (Å²) in [6.45, 7) is 2.32. The molecule has 35 heavy (non-hydrogen) atoms. The predicted octanol–water partition coefficient (Wildman–Crippen LogP) is 3.01. The van der Waals surface area contributed by atoms with Crippen LogP contribution in [0.2, 0.25) is 0 Å². The molecule has 2 fully saturated rings. The third-order valence-electron chi connectivity index (χ3n) is 6.70. The Morgan fingerprint density at radius 2 is 1.71 bits per heavy atom. The van der Waals surface area contributed by atoms with Crippen molar-refractivity contribution in [1.29, 1.82) is 0 Å². The Morgan fingerprint density at radius 1 is 1.03 bits per heavy atom. The second-order valence-electron chi connectivity index (χ2n) is 8.92. The van der Waals surface area contributed by atoms with Crippen molar-refractivity contribution in [2.24, 2.45) is 0 Å². The highest BCUT2D eigenvalue weighted by atomic mass is 19.4. The monoisotopic (exact) mass is 488 g/mol. The van der Waals surface area contributed by atoms with Crippen LogP contribution in [0.25, 0.3) is 0 Å². The Morgan fingerprint density at radius 3 is 2.34 bits per heavy atom. The molecule has 0 atom stereocenters. The number of benzene rings is 2. The molecule has 2 heterocycles. The second kappa shape index (κ2) is 9.59. The topological polar surface area (TPSA) is 73.0 Å². The average Bonchev–Trinajstić information content (AvgIpc) is 3.09. The highest BCUT2D eigenvalue weighted by molar-refractivity contribution is 5.96. The number of alkyl halides is 3. The number of carbonyl (C=O) groups is 3. The van der Waals surface area contributed by atoms with Gasteiger partial charge in [-0.15, -0.1) is 0 Å². The summed E-state index contributed by atoms with van der Waals surface area (Å²) in [5.41, 5.74) is -0.463. The number of nitrogens with one attached hydrogen (secondary N) is 1. The second-order valence-corrected chi connectivity index (χ2v) is 8.92. The molecular formula is C25H27F3N4O3. The summed E-state index contributed by atoms with van der Waals surface area (Å²) in [5.74, 6) is -0.678. The number of nitrogens with zero attached hydrogens (tertiary/aromatic N) is 3. The van der Waals surface area contributed by atoms with Crippen molar-refractivity contribution >= 4 is 23.4 Å². The molecular weight excluding hydrogens is 461 g/mol. The maximum atomic E-state index is 13.6. The molecule has 0 unspecified atom stereocenters. The largest absolute Gasteiger partial charge is 0.416 e. The van der Waals surface area contributed by atoms with Crippen LogP contribution in [-0.2, 0) is 27.1 Å². The van der Waals surface area contributed by atoms with E-state index in [0.29, 0.717) is 31.5 Å². The van der Waals surface area contributed by atoms with Crippen LogP contribution in [0.15, 0.2) is 54.6 Å². The third-order valence-corrected chi connectivity index (χ3v) is 6.70. The molecule has 0 aliphatic carbocycles. The van der Waals surface area contributed by atoms with Crippen LogP contribution in [0.4, 0.5) is 18.9 Å². The number of carbonyl (C=O) groups excluding carboxylic acids is 3. The molecule has 3 amide bonds. The number of hydrogen-bond acceptors (Lipinski definition) is 4. The summed E-state index contributed by atoms with van der Waals surface area (Å²) >= 11 is 0. The first-order valence-electron chi connectivity index (χ1n) is 11.4. The molecule has 0 radical (unpaired) electrons. The molecule has 2 aliphatic rings. The molecule has 2 aromatic carbocycles. The quantitative estimate of drug-likeness (QED) is 0.703. The molecule has 0 aromatic heterocycles. The Hall–Kier alpha value is -3.56. The number of para-hydroxylation sites is 1. The summed E-state index contributed by atoms with van der Waals surface area (Å²) in [7, 11) is 0. The van der Waals surface area contributed by atoms with Crippen LogP contribution < -0.4 is 10.2 Å². The molecule has 2 aromatic rings. The summed E-state index contributed by atoms with van der Waals surface area (Å²) in [6.07, 6.45) is -3.57. The summed E-state index contributed by atoms with van der Waals surface area (Å²) in [5, 5.41) is 2.62. The fraction of sp³-hybridized carbons (Fsp3) is 0.400. The number of piperidine rings is 1. The van der Waals surface area contributed by atoms with Crippen LogP contribution in [0.5, 0.6) is 0 Å². The number of hydrogen-bond donors (Lipinski definition) is 1. The van der Waals surface area contributed by atoms with Gasteiger partial charge in [-0.2, -0.15) is 13.2 Å². The van der Waals surface area contributed by atoms with Crippen LogP contribution >= 0.6 is 0 Å². The lowest BCUT2D eigenvalue weighted by molar-refractivity contribution is -0.139. The molecule has 2 aliphatic heterocycles. The lowest BCUT2D eigenvalue weighted by Crippen LogP contribution is -2.57. The van der Waals surface area contributed by atoms with E-state index in [1.165, 1.54) is 24.0 Å². The zero-order valence-corrected chi connectivity index (χ0v) is 19.3. The minimum atomic E-state index is -4.46. The summed E-state index contributed by atoms with van der Waals surface area (Å²) < 4.78 is 38.8. The Kier molecular flexibility index (Phi) is 6.73. The van der Waals surface area contributed by atoms with Crippen molar-refractivity contribution in [2.45, 2.75) is 38.0 Å². The lowest BCUT2D eigenvalue weighted by atomic mass is 9.85. The standard InChI is InChI=1S/C25H27F3N4O3/c1-18(33)30-12-10-24(11-13-30)23(35)31(17-32(24)21-8-3-2-4-9-21)16-22(34)29-15-19-6-5-7-20(14-19)25(26,27)28/h2-9,14H,10-13,15-17H2,1H3,(H,29,34). The molecule has 1 spiro atoms. The first-order chi connectivity index (χ1) is 16.6. The van der Waals surface area contributed by atoms with Gasteiger partial charge < -0.3 is 20.0 Å². The maximum Gasteiger partial charge on any atom is 0.416 e. The van der Waals surface area contributed by atoms with E-state index in [0.717, 1.165) is 17.8 Å². The van der Waals surface area contributed by atoms with E-state index in [1.807, 2.05) is 35.2 Å². The van der Waals surface area contributed by atoms with E-state index in [1.54, 1.807) is 4.90 Å². The van der Waals surface area contributed by atoms with Crippen molar-refractivity contribution in [1.82, 2.24) is 15.1 Å². The minimum Gasteiger partial charge on any atom is -0.350 e. The normalized spacial score (nSPS) is 17.7. The van der Waals surface area contributed by atoms with E-state index in [9.17, 15) is 27.6 Å². The zero-order chi connectivity index (χ0) is 25.2. The SMILES string of the molecule is CC(=O)N1CCC2(CC1)C(=O)N(CC(=O)NCc1cccc(C(F)(F)F)c1)CN2c1ccccc1. The molecule has 2 saturated heterocycles. The van der Waals surface area contributed by atoms with Crippen molar-refractivity contribution in [3.63, 3.8) is 0 Å². The van der Waals surface area contributed by atoms with Gasteiger partial charge >= 0.3 is 6.18 Å². The van der Waals surface area contributed by atoms with E-state index in [4.69, 9.17) is 0 Å². The van der Waals surface area contributed by atoms with Gasteiger partial charge in [-0.05, 0) is 42.7 Å². The highest BCUT2D eigenvalue weighted by Gasteiger charge is 2.54. The Bertz CT molecular complexity index is 1100. The van der Waals surface area contributed by atoms with Crippen molar-refractivity contribution in [3.05, 3.63) is 65.7 Å². The Balaban J connectivity index is 1.46. The van der Waals surface area contributed by atoms with Gasteiger partial charge in [0.1, 0.15) is 12.1 Å². The molecule has 7 nitrogen and oxygen atoms in total. The van der Waals surface area contributed by atoms with Gasteiger partial charge in [0.05, 0.1) is 12.2 Å². The van der Waals surface area contributed by atoms with Crippen LogP contribution in [0.3, 0.4) is 0 Å². The van der Waals surface area contributed by atoms with E-state index >= 15 is 0 Å². The van der Waals surface area contributed by atoms with Gasteiger partial charge in [-0.25, -0.2) is 0 Å². The summed E-state index contributed by atoms with van der Waals surface area (Å²) in [4.78, 5) is 43.2. The molecule has 0 bridgehead atoms. The van der Waals surface area contributed by atoms with Gasteiger partial charge in [0.25, 0.3) is 5.91 Å². The van der Waals surface area contributed by atoms with Gasteiger partial charge in [0.15, 0.2) is 0 Å². The van der Waals surface area contributed by atoms with Crippen molar-refractivity contribution < 1.29 is 27.6 Å². The number of amides is 3. The lowest BCUT2D eigenvalue weighted by Gasteiger charge is -2.43. The van der Waals surface area contributed by atoms with Crippen LogP contribution in [-0.4, -0.2) is 59.4 Å². The number of anilines is 1. The Labute approximate surface area is 201 Å². The fourth-order valence-corrected chi connectivity index (χ4v) is 4.80. The average molecular weight is 489 g/mol. The summed E-state index contributed by atoms with van der Waals surface area (Å²) in [6, 6.07) is 14.2. The number of rotatable bonds is 5. The predicted molar refractivity (Wildman–Crippen MR) is 123 cm³/mol. The minimum absolute atomic E-state index is 0.0395. The maximum absolute atomic E-state index is 13.6. The van der Waals surface area contributed by atoms with Crippen molar-refractivity contribution in [3.8, 4) is 0 Å². The van der Waals surface area contributed by atoms with Crippen LogP contribution in [0.1, 0.15) is 30.9 Å². The van der Waals surface area contributed by atoms with E-state index < -0.39 is 23.2 Å². The van der Waals surface area contributed by atoms with Gasteiger partial charge in [0, 0.05) is 32.2 Å². The van der Waals surface area contributed by atoms with Crippen LogP contribution in [0, 0.1) is 0 Å². The number of likely N-dealkylation sites (tertiary alicyclic amines) is 1. The zero-order valence-electron chi connectivity index (χ0n) is 19.3. The number of halogens is 3. The smallest absolute Gasteiger partial charge is 0.350 e. The fourth-order valence-electron chi connectivity index (χ4n) is 4.80. The molecule has 4 rings (SSSR count). The third kappa shape index (κ3) is 5.11. The van der Waals surface area contributed by atoms with E-state index in [-0.39, 0.29) is 31.6 Å². The first-order valence-corrected chi connectivity index (χ1v) is 11.4. The van der Waals surface area contributed by atoms with Gasteiger partial charge in [-0.1, -0.05) is 30.3 Å². The van der Waals surface area contributed by atoms with Gasteiger partial charge in [-0.3, -0.25) is 14.4 Å². The first kappa shape index (κ1) is 24.6. The molecule has 1 N–H and O–H groups in total. The van der Waals surface area contributed by atoms with Gasteiger partial charge in [0.2, 0.25) is 11.8 Å². The van der Waals surface area contributed by atoms with Crippen molar-refractivity contribution in [2.75, 3.05) is 31.2 Å². The molecule has 0 saturated carbocycles. The molecule has 10 heteroatoms. The highest BCUT2D eigenvalue weighted by Crippen LogP contribution is 2.39.